The van der Waals surface area contributed by atoms with Gasteiger partial charge in [-0.2, -0.15) is 5.10 Å². The third-order valence-electron chi connectivity index (χ3n) is 4.73. The molecule has 0 aliphatic rings. The Morgan fingerprint density at radius 2 is 1.65 bits per heavy atom. The molecule has 0 saturated carbocycles. The summed E-state index contributed by atoms with van der Waals surface area (Å²) in [7, 11) is -4.07. The van der Waals surface area contributed by atoms with E-state index in [9.17, 15) is 13.2 Å². The van der Waals surface area contributed by atoms with Crippen molar-refractivity contribution in [2.45, 2.75) is 18.7 Å². The molecule has 0 spiro atoms. The summed E-state index contributed by atoms with van der Waals surface area (Å²) in [4.78, 5) is 12.7. The fourth-order valence-corrected chi connectivity index (χ4v) is 4.80. The number of benzene rings is 3. The number of nitrogens with zero attached hydrogens (tertiary/aromatic N) is 2. The number of ether oxygens (including phenoxy) is 1. The smallest absolute Gasteiger partial charge is 0.264 e. The minimum atomic E-state index is -4.07. The van der Waals surface area contributed by atoms with Crippen molar-refractivity contribution >= 4 is 54.9 Å². The molecule has 0 radical (unpaired) electrons. The average molecular weight is 565 g/mol. The monoisotopic (exact) mass is 563 g/mol. The number of amides is 1. The third kappa shape index (κ3) is 6.59. The number of halogens is 2. The minimum Gasteiger partial charge on any atom is -0.494 e. The first-order valence-electron chi connectivity index (χ1n) is 10.3. The molecule has 10 heteroatoms. The molecule has 1 amide bonds. The van der Waals surface area contributed by atoms with Gasteiger partial charge in [0.15, 0.2) is 0 Å². The predicted molar refractivity (Wildman–Crippen MR) is 138 cm³/mol. The molecule has 7 nitrogen and oxygen atoms in total. The second-order valence-electron chi connectivity index (χ2n) is 7.13. The Labute approximate surface area is 212 Å². The summed E-state index contributed by atoms with van der Waals surface area (Å²) in [6.07, 6.45) is 0. The highest BCUT2D eigenvalue weighted by atomic mass is 79.9. The van der Waals surface area contributed by atoms with Gasteiger partial charge in [0, 0.05) is 9.50 Å². The van der Waals surface area contributed by atoms with Gasteiger partial charge < -0.3 is 4.74 Å². The van der Waals surface area contributed by atoms with Gasteiger partial charge in [-0.05, 0) is 80.1 Å². The van der Waals surface area contributed by atoms with Crippen LogP contribution in [0.15, 0.2) is 87.3 Å². The summed E-state index contributed by atoms with van der Waals surface area (Å²) in [5.41, 5.74) is 4.15. The van der Waals surface area contributed by atoms with Crippen molar-refractivity contribution in [3.05, 3.63) is 87.9 Å². The van der Waals surface area contributed by atoms with Gasteiger partial charge in [-0.25, -0.2) is 13.8 Å². The summed E-state index contributed by atoms with van der Waals surface area (Å²) in [5, 5.41) is 4.52. The Morgan fingerprint density at radius 1 is 1.03 bits per heavy atom. The van der Waals surface area contributed by atoms with Crippen LogP contribution in [0.3, 0.4) is 0 Å². The molecule has 3 aromatic rings. The Morgan fingerprint density at radius 3 is 2.24 bits per heavy atom. The highest BCUT2D eigenvalue weighted by molar-refractivity contribution is 9.10. The van der Waals surface area contributed by atoms with E-state index in [0.717, 1.165) is 14.3 Å². The summed E-state index contributed by atoms with van der Waals surface area (Å²) < 4.78 is 34.2. The number of carbonyl (C=O) groups excluding carboxylic acids is 1. The van der Waals surface area contributed by atoms with Crippen molar-refractivity contribution in [1.82, 2.24) is 5.43 Å². The molecule has 0 bridgehead atoms. The second-order valence-corrected chi connectivity index (χ2v) is 10.3. The van der Waals surface area contributed by atoms with Crippen LogP contribution in [0.5, 0.6) is 5.75 Å². The molecule has 34 heavy (non-hydrogen) atoms. The van der Waals surface area contributed by atoms with E-state index in [4.69, 9.17) is 16.3 Å². The molecule has 0 aliphatic carbocycles. The molecule has 0 unspecified atom stereocenters. The molecule has 0 saturated heterocycles. The van der Waals surface area contributed by atoms with Crippen molar-refractivity contribution in [2.24, 2.45) is 5.10 Å². The first-order valence-corrected chi connectivity index (χ1v) is 12.9. The Bertz CT molecular complexity index is 1260. The lowest BCUT2D eigenvalue weighted by Crippen LogP contribution is -2.39. The first kappa shape index (κ1) is 25.7. The zero-order chi connectivity index (χ0) is 24.7. The zero-order valence-corrected chi connectivity index (χ0v) is 21.7. The number of hydrogen-bond donors (Lipinski definition) is 1. The molecule has 1 N–H and O–H groups in total. The van der Waals surface area contributed by atoms with Gasteiger partial charge in [0.2, 0.25) is 0 Å². The SMILES string of the molecule is CCOc1ccc(N(CC(=O)N/N=C(/C)c2ccc(Br)cc2)S(=O)(=O)c2ccc(Cl)cc2)cc1. The highest BCUT2D eigenvalue weighted by Crippen LogP contribution is 2.26. The van der Waals surface area contributed by atoms with Crippen LogP contribution in [0.4, 0.5) is 5.69 Å². The van der Waals surface area contributed by atoms with E-state index in [1.807, 2.05) is 31.2 Å². The van der Waals surface area contributed by atoms with Gasteiger partial charge in [-0.15, -0.1) is 0 Å². The van der Waals surface area contributed by atoms with Crippen LogP contribution in [-0.4, -0.2) is 33.2 Å². The van der Waals surface area contributed by atoms with E-state index in [1.165, 1.54) is 24.3 Å². The van der Waals surface area contributed by atoms with E-state index in [2.05, 4.69) is 26.5 Å². The number of rotatable bonds is 9. The van der Waals surface area contributed by atoms with Crippen molar-refractivity contribution in [3.8, 4) is 5.75 Å². The van der Waals surface area contributed by atoms with Crippen molar-refractivity contribution < 1.29 is 17.9 Å². The molecule has 3 aromatic carbocycles. The molecule has 0 atom stereocenters. The zero-order valence-electron chi connectivity index (χ0n) is 18.5. The van der Waals surface area contributed by atoms with Crippen LogP contribution in [-0.2, 0) is 14.8 Å². The third-order valence-corrected chi connectivity index (χ3v) is 7.30. The van der Waals surface area contributed by atoms with Gasteiger partial charge in [-0.1, -0.05) is 39.7 Å². The number of sulfonamides is 1. The molecule has 0 aliphatic heterocycles. The maximum Gasteiger partial charge on any atom is 0.264 e. The molecule has 0 aromatic heterocycles. The minimum absolute atomic E-state index is 0.00753. The van der Waals surface area contributed by atoms with Crippen LogP contribution in [0.2, 0.25) is 5.02 Å². The largest absolute Gasteiger partial charge is 0.494 e. The topological polar surface area (TPSA) is 88.1 Å². The van der Waals surface area contributed by atoms with Gasteiger partial charge >= 0.3 is 0 Å². The van der Waals surface area contributed by atoms with E-state index >= 15 is 0 Å². The lowest BCUT2D eigenvalue weighted by molar-refractivity contribution is -0.119. The van der Waals surface area contributed by atoms with Crippen LogP contribution in [0, 0.1) is 0 Å². The molecule has 178 valence electrons. The van der Waals surface area contributed by atoms with Gasteiger partial charge in [-0.3, -0.25) is 9.10 Å². The van der Waals surface area contributed by atoms with Crippen LogP contribution >= 0.6 is 27.5 Å². The summed E-state index contributed by atoms with van der Waals surface area (Å²) >= 11 is 9.29. The average Bonchev–Trinajstić information content (AvgIpc) is 2.82. The van der Waals surface area contributed by atoms with Gasteiger partial charge in [0.1, 0.15) is 12.3 Å². The van der Waals surface area contributed by atoms with E-state index in [-0.39, 0.29) is 4.90 Å². The van der Waals surface area contributed by atoms with Crippen LogP contribution in [0.1, 0.15) is 19.4 Å². The number of carbonyl (C=O) groups is 1. The summed E-state index contributed by atoms with van der Waals surface area (Å²) in [5.74, 6) is -0.00264. The second kappa shape index (κ2) is 11.5. The lowest BCUT2D eigenvalue weighted by atomic mass is 10.1. The van der Waals surface area contributed by atoms with Gasteiger partial charge in [0.25, 0.3) is 15.9 Å². The van der Waals surface area contributed by atoms with Gasteiger partial charge in [0.05, 0.1) is 22.9 Å². The van der Waals surface area contributed by atoms with Crippen LogP contribution < -0.4 is 14.5 Å². The lowest BCUT2D eigenvalue weighted by Gasteiger charge is -2.24. The first-order chi connectivity index (χ1) is 16.2. The maximum atomic E-state index is 13.4. The highest BCUT2D eigenvalue weighted by Gasteiger charge is 2.27. The standard InChI is InChI=1S/C24H23BrClN3O4S/c1-3-33-22-12-10-21(11-13-22)29(34(31,32)23-14-8-20(26)9-15-23)16-24(30)28-27-17(2)18-4-6-19(25)7-5-18/h4-15H,3,16H2,1-2H3,(H,28,30)/b27-17-. The summed E-state index contributed by atoms with van der Waals surface area (Å²) in [6, 6.07) is 19.7. The summed E-state index contributed by atoms with van der Waals surface area (Å²) in [6.45, 7) is 3.60. The predicted octanol–water partition coefficient (Wildman–Crippen LogP) is 5.24. The molecule has 0 fully saturated rings. The molecule has 0 heterocycles. The normalized spacial score (nSPS) is 11.7. The molecular weight excluding hydrogens is 542 g/mol. The Hall–Kier alpha value is -2.88. The number of nitrogens with one attached hydrogen (secondary N) is 1. The van der Waals surface area contributed by atoms with E-state index in [1.54, 1.807) is 31.2 Å². The van der Waals surface area contributed by atoms with E-state index in [0.29, 0.717) is 28.8 Å². The van der Waals surface area contributed by atoms with E-state index < -0.39 is 22.5 Å². The van der Waals surface area contributed by atoms with Crippen molar-refractivity contribution in [2.75, 3.05) is 17.5 Å². The fraction of sp³-hybridized carbons (Fsp3) is 0.167. The fourth-order valence-electron chi connectivity index (χ4n) is 2.99. The maximum absolute atomic E-state index is 13.4. The molecular formula is C24H23BrClN3O4S. The van der Waals surface area contributed by atoms with Crippen LogP contribution in [0.25, 0.3) is 0 Å². The number of hydrogen-bond acceptors (Lipinski definition) is 5. The van der Waals surface area contributed by atoms with Crippen molar-refractivity contribution in [3.63, 3.8) is 0 Å². The Balaban J connectivity index is 1.87. The Kier molecular flexibility index (Phi) is 8.71. The number of hydrazone groups is 1. The van der Waals surface area contributed by atoms with Crippen molar-refractivity contribution in [1.29, 1.82) is 0 Å². The number of anilines is 1. The quantitative estimate of drug-likeness (QED) is 0.285. The molecule has 3 rings (SSSR count).